The zero-order valence-corrected chi connectivity index (χ0v) is 15.6. The van der Waals surface area contributed by atoms with Crippen molar-refractivity contribution < 1.29 is 4.79 Å². The number of amides is 1. The third-order valence-corrected chi connectivity index (χ3v) is 3.67. The Morgan fingerprint density at radius 3 is 2.33 bits per heavy atom. The summed E-state index contributed by atoms with van der Waals surface area (Å²) in [5, 5.41) is 9.51. The first-order valence-electron chi connectivity index (χ1n) is 8.62. The molecular weight excluding hydrogens is 300 g/mol. The van der Waals surface area contributed by atoms with Crippen LogP contribution in [0.25, 0.3) is 0 Å². The van der Waals surface area contributed by atoms with Gasteiger partial charge in [0.25, 0.3) is 5.91 Å². The largest absolute Gasteiger partial charge is 0.355 e. The van der Waals surface area contributed by atoms with Crippen LogP contribution in [0.2, 0.25) is 0 Å². The number of guanidine groups is 1. The number of aliphatic imine (C=N–C) groups is 1. The lowest BCUT2D eigenvalue weighted by atomic mass is 9.89. The Labute approximate surface area is 146 Å². The summed E-state index contributed by atoms with van der Waals surface area (Å²) >= 11 is 0. The van der Waals surface area contributed by atoms with Gasteiger partial charge in [0.05, 0.1) is 0 Å². The van der Waals surface area contributed by atoms with Gasteiger partial charge < -0.3 is 16.0 Å². The van der Waals surface area contributed by atoms with Crippen LogP contribution in [0.1, 0.15) is 50.9 Å². The minimum Gasteiger partial charge on any atom is -0.355 e. The number of nitrogens with one attached hydrogen (secondary N) is 3. The molecule has 1 unspecified atom stereocenters. The summed E-state index contributed by atoms with van der Waals surface area (Å²) in [5.74, 6) is 0.712. The molecule has 0 heterocycles. The minimum atomic E-state index is -0.0566. The maximum Gasteiger partial charge on any atom is 0.251 e. The number of benzene rings is 1. The maximum absolute atomic E-state index is 11.9. The molecule has 0 saturated heterocycles. The lowest BCUT2D eigenvalue weighted by molar-refractivity contribution is 0.0954. The highest BCUT2D eigenvalue weighted by Crippen LogP contribution is 2.21. The summed E-state index contributed by atoms with van der Waals surface area (Å²) < 4.78 is 0. The molecule has 0 fully saturated rings. The molecule has 0 spiro atoms. The normalized spacial score (nSPS) is 13.3. The summed E-state index contributed by atoms with van der Waals surface area (Å²) in [4.78, 5) is 16.2. The molecule has 1 aromatic carbocycles. The predicted molar refractivity (Wildman–Crippen MR) is 101 cm³/mol. The second kappa shape index (κ2) is 9.96. The number of nitrogens with zero attached hydrogens (tertiary/aromatic N) is 1. The minimum absolute atomic E-state index is 0.0566. The van der Waals surface area contributed by atoms with Crippen molar-refractivity contribution in [2.75, 3.05) is 20.1 Å². The zero-order chi connectivity index (χ0) is 18.0. The number of rotatable bonds is 7. The lowest BCUT2D eigenvalue weighted by Gasteiger charge is -2.23. The van der Waals surface area contributed by atoms with Crippen molar-refractivity contribution in [2.45, 2.75) is 46.6 Å². The second-order valence-electron chi connectivity index (χ2n) is 7.27. The Bertz CT molecular complexity index is 520. The fourth-order valence-electron chi connectivity index (χ4n) is 2.20. The fraction of sp³-hybridized carbons (Fsp3) is 0.579. The molecule has 1 amide bonds. The van der Waals surface area contributed by atoms with E-state index < -0.39 is 0 Å². The molecule has 24 heavy (non-hydrogen) atoms. The van der Waals surface area contributed by atoms with Crippen molar-refractivity contribution in [1.82, 2.24) is 16.0 Å². The van der Waals surface area contributed by atoms with Gasteiger partial charge >= 0.3 is 0 Å². The zero-order valence-electron chi connectivity index (χ0n) is 15.6. The molecule has 134 valence electrons. The Morgan fingerprint density at radius 1 is 1.12 bits per heavy atom. The summed E-state index contributed by atoms with van der Waals surface area (Å²) in [7, 11) is 1.76. The summed E-state index contributed by atoms with van der Waals surface area (Å²) in [6.45, 7) is 10.1. The molecule has 0 aromatic heterocycles. The third-order valence-electron chi connectivity index (χ3n) is 3.67. The second-order valence-corrected chi connectivity index (χ2v) is 7.27. The monoisotopic (exact) mass is 332 g/mol. The lowest BCUT2D eigenvalue weighted by Crippen LogP contribution is -2.45. The van der Waals surface area contributed by atoms with Gasteiger partial charge in [0, 0.05) is 31.7 Å². The number of hydrogen-bond acceptors (Lipinski definition) is 2. The highest BCUT2D eigenvalue weighted by atomic mass is 16.1. The van der Waals surface area contributed by atoms with Crippen molar-refractivity contribution in [3.05, 3.63) is 35.9 Å². The molecular formula is C19H32N4O. The van der Waals surface area contributed by atoms with Gasteiger partial charge in [-0.2, -0.15) is 0 Å². The number of carbonyl (C=O) groups excluding carboxylic acids is 1. The first-order chi connectivity index (χ1) is 11.3. The van der Waals surface area contributed by atoms with Crippen molar-refractivity contribution >= 4 is 11.9 Å². The van der Waals surface area contributed by atoms with Gasteiger partial charge in [0.2, 0.25) is 0 Å². The molecule has 0 aliphatic carbocycles. The quantitative estimate of drug-likeness (QED) is 0.409. The van der Waals surface area contributed by atoms with Crippen LogP contribution in [0.3, 0.4) is 0 Å². The highest BCUT2D eigenvalue weighted by Gasteiger charge is 2.13. The van der Waals surface area contributed by atoms with E-state index >= 15 is 0 Å². The van der Waals surface area contributed by atoms with Crippen molar-refractivity contribution in [1.29, 1.82) is 0 Å². The number of carbonyl (C=O) groups is 1. The molecule has 0 aliphatic heterocycles. The van der Waals surface area contributed by atoms with Crippen LogP contribution in [-0.2, 0) is 0 Å². The first-order valence-corrected chi connectivity index (χ1v) is 8.62. The van der Waals surface area contributed by atoms with E-state index in [1.54, 1.807) is 19.2 Å². The topological polar surface area (TPSA) is 65.5 Å². The smallest absolute Gasteiger partial charge is 0.251 e. The average molecular weight is 332 g/mol. The van der Waals surface area contributed by atoms with E-state index in [1.165, 1.54) is 0 Å². The highest BCUT2D eigenvalue weighted by molar-refractivity contribution is 5.94. The molecule has 1 aromatic rings. The Morgan fingerprint density at radius 2 is 1.75 bits per heavy atom. The summed E-state index contributed by atoms with van der Waals surface area (Å²) in [5.41, 5.74) is 1.02. The van der Waals surface area contributed by atoms with Crippen molar-refractivity contribution in [3.63, 3.8) is 0 Å². The van der Waals surface area contributed by atoms with Gasteiger partial charge in [0.1, 0.15) is 0 Å². The molecule has 1 atom stereocenters. The van der Waals surface area contributed by atoms with Crippen LogP contribution in [0.5, 0.6) is 0 Å². The van der Waals surface area contributed by atoms with E-state index in [0.717, 1.165) is 18.8 Å². The number of hydrogen-bond donors (Lipinski definition) is 3. The predicted octanol–water partition coefficient (Wildman–Crippen LogP) is 2.80. The van der Waals surface area contributed by atoms with Crippen LogP contribution in [0.4, 0.5) is 0 Å². The molecule has 5 heteroatoms. The Kier molecular flexibility index (Phi) is 8.30. The van der Waals surface area contributed by atoms with Gasteiger partial charge in [-0.15, -0.1) is 0 Å². The Balaban J connectivity index is 2.26. The van der Waals surface area contributed by atoms with Crippen molar-refractivity contribution in [3.8, 4) is 0 Å². The van der Waals surface area contributed by atoms with E-state index in [9.17, 15) is 4.79 Å². The molecule has 0 aliphatic rings. The van der Waals surface area contributed by atoms with E-state index in [-0.39, 0.29) is 5.91 Å². The molecule has 3 N–H and O–H groups in total. The average Bonchev–Trinajstić information content (AvgIpc) is 2.55. The Hall–Kier alpha value is -2.04. The molecule has 1 rings (SSSR count). The van der Waals surface area contributed by atoms with E-state index in [1.807, 2.05) is 18.2 Å². The molecule has 5 nitrogen and oxygen atoms in total. The van der Waals surface area contributed by atoms with Crippen molar-refractivity contribution in [2.24, 2.45) is 10.4 Å². The summed E-state index contributed by atoms with van der Waals surface area (Å²) in [6, 6.07) is 9.58. The van der Waals surface area contributed by atoms with E-state index in [4.69, 9.17) is 0 Å². The SMILES string of the molecule is CN=C(NCCNC(=O)c1ccccc1)NC(C)CCC(C)(C)C. The van der Waals surface area contributed by atoms with Gasteiger partial charge in [-0.3, -0.25) is 9.79 Å². The van der Waals surface area contributed by atoms with Gasteiger partial charge in [0.15, 0.2) is 5.96 Å². The van der Waals surface area contributed by atoms with Crippen LogP contribution >= 0.6 is 0 Å². The molecule has 0 radical (unpaired) electrons. The van der Waals surface area contributed by atoms with Crippen LogP contribution in [-0.4, -0.2) is 38.0 Å². The third kappa shape index (κ3) is 8.56. The summed E-state index contributed by atoms with van der Waals surface area (Å²) in [6.07, 6.45) is 2.25. The van der Waals surface area contributed by atoms with E-state index in [2.05, 4.69) is 48.6 Å². The van der Waals surface area contributed by atoms with Crippen LogP contribution in [0, 0.1) is 5.41 Å². The van der Waals surface area contributed by atoms with Crippen LogP contribution < -0.4 is 16.0 Å². The van der Waals surface area contributed by atoms with E-state index in [0.29, 0.717) is 30.1 Å². The first kappa shape index (κ1) is 20.0. The fourth-order valence-corrected chi connectivity index (χ4v) is 2.20. The molecule has 0 saturated carbocycles. The molecule has 0 bridgehead atoms. The van der Waals surface area contributed by atoms with Gasteiger partial charge in [-0.25, -0.2) is 0 Å². The van der Waals surface area contributed by atoms with Gasteiger partial charge in [-0.05, 0) is 37.3 Å². The maximum atomic E-state index is 11.9. The standard InChI is InChI=1S/C19H32N4O/c1-15(11-12-19(2,3)4)23-18(20-5)22-14-13-21-17(24)16-9-7-6-8-10-16/h6-10,15H,11-14H2,1-5H3,(H,21,24)(H2,20,22,23). The van der Waals surface area contributed by atoms with Crippen LogP contribution in [0.15, 0.2) is 35.3 Å². The van der Waals surface area contributed by atoms with Gasteiger partial charge in [-0.1, -0.05) is 39.0 Å².